The van der Waals surface area contributed by atoms with E-state index in [1.807, 2.05) is 62.4 Å². The first-order chi connectivity index (χ1) is 13.4. The second-order valence-electron chi connectivity index (χ2n) is 7.43. The largest absolute Gasteiger partial charge is 0.391 e. The molecule has 2 aromatic carbocycles. The zero-order valence-corrected chi connectivity index (χ0v) is 16.5. The number of carbonyl (C=O) groups excluding carboxylic acids is 2. The van der Waals surface area contributed by atoms with Crippen LogP contribution in [0, 0.1) is 5.92 Å². The molecule has 1 heterocycles. The molecule has 3 rings (SSSR count). The molecule has 0 spiro atoms. The number of hydrogen-bond acceptors (Lipinski definition) is 3. The van der Waals surface area contributed by atoms with Crippen molar-refractivity contribution in [2.24, 2.45) is 5.92 Å². The van der Waals surface area contributed by atoms with Gasteiger partial charge in [0.05, 0.1) is 18.3 Å². The van der Waals surface area contributed by atoms with E-state index in [1.165, 1.54) is 0 Å². The normalized spacial score (nSPS) is 15.1. The molecule has 1 atom stereocenters. The van der Waals surface area contributed by atoms with Gasteiger partial charge in [0.15, 0.2) is 0 Å². The summed E-state index contributed by atoms with van der Waals surface area (Å²) in [6.45, 7) is 6.04. The molecule has 146 valence electrons. The Balaban J connectivity index is 1.90. The number of nitrogens with one attached hydrogen (secondary N) is 1. The molecule has 2 N–H and O–H groups in total. The topological polar surface area (TPSA) is 69.6 Å². The van der Waals surface area contributed by atoms with Crippen LogP contribution in [-0.2, 0) is 11.3 Å². The Morgan fingerprint density at radius 1 is 1.11 bits per heavy atom. The second-order valence-corrected chi connectivity index (χ2v) is 7.43. The molecule has 2 amide bonds. The maximum atomic E-state index is 12.5. The molecule has 2 aromatic rings. The third-order valence-electron chi connectivity index (χ3n) is 5.03. The Hall–Kier alpha value is -2.92. The van der Waals surface area contributed by atoms with Gasteiger partial charge < -0.3 is 15.3 Å². The van der Waals surface area contributed by atoms with Crippen LogP contribution in [0.5, 0.6) is 0 Å². The first-order valence-electron chi connectivity index (χ1n) is 9.51. The van der Waals surface area contributed by atoms with Crippen molar-refractivity contribution in [3.05, 3.63) is 64.7 Å². The molecule has 5 heteroatoms. The zero-order valence-electron chi connectivity index (χ0n) is 16.5. The van der Waals surface area contributed by atoms with Crippen LogP contribution in [0.25, 0.3) is 12.2 Å². The van der Waals surface area contributed by atoms with Gasteiger partial charge in [0.2, 0.25) is 5.91 Å². The number of amides is 2. The molecular formula is C23H26N2O3. The quantitative estimate of drug-likeness (QED) is 0.856. The summed E-state index contributed by atoms with van der Waals surface area (Å²) in [6, 6.07) is 13.2. The number of fused-ring (bicyclic) bond motifs is 2. The molecule has 1 aliphatic rings. The molecule has 0 bridgehead atoms. The number of para-hydroxylation sites is 1. The van der Waals surface area contributed by atoms with E-state index >= 15 is 0 Å². The van der Waals surface area contributed by atoms with Crippen molar-refractivity contribution < 1.29 is 14.7 Å². The molecule has 0 saturated carbocycles. The van der Waals surface area contributed by atoms with E-state index in [1.54, 1.807) is 17.9 Å². The van der Waals surface area contributed by atoms with Gasteiger partial charge in [-0.2, -0.15) is 0 Å². The molecule has 1 unspecified atom stereocenters. The van der Waals surface area contributed by atoms with Gasteiger partial charge in [0.25, 0.3) is 5.91 Å². The Morgan fingerprint density at radius 3 is 2.54 bits per heavy atom. The Morgan fingerprint density at radius 2 is 1.82 bits per heavy atom. The fourth-order valence-electron chi connectivity index (χ4n) is 3.16. The zero-order chi connectivity index (χ0) is 20.3. The number of nitrogens with zero attached hydrogens (tertiary/aromatic N) is 1. The summed E-state index contributed by atoms with van der Waals surface area (Å²) in [5.41, 5.74) is 4.24. The Kier molecular flexibility index (Phi) is 5.95. The van der Waals surface area contributed by atoms with Crippen LogP contribution in [0.2, 0.25) is 0 Å². The lowest BCUT2D eigenvalue weighted by atomic mass is 9.98. The Bertz CT molecular complexity index is 918. The third kappa shape index (κ3) is 4.31. The third-order valence-corrected chi connectivity index (χ3v) is 5.03. The molecule has 0 aliphatic carbocycles. The van der Waals surface area contributed by atoms with Gasteiger partial charge in [0, 0.05) is 19.0 Å². The fraction of sp³-hybridized carbons (Fsp3) is 0.304. The van der Waals surface area contributed by atoms with Crippen LogP contribution in [0.15, 0.2) is 42.5 Å². The molecular weight excluding hydrogens is 352 g/mol. The van der Waals surface area contributed by atoms with Crippen LogP contribution >= 0.6 is 0 Å². The predicted molar refractivity (Wildman–Crippen MR) is 112 cm³/mol. The molecule has 1 aliphatic heterocycles. The summed E-state index contributed by atoms with van der Waals surface area (Å²) in [5.74, 6) is -0.170. The lowest BCUT2D eigenvalue weighted by Gasteiger charge is -2.26. The van der Waals surface area contributed by atoms with Crippen LogP contribution in [0.4, 0.5) is 5.69 Å². The minimum atomic E-state index is -0.575. The van der Waals surface area contributed by atoms with Gasteiger partial charge in [-0.3, -0.25) is 9.59 Å². The number of anilines is 1. The number of benzene rings is 2. The van der Waals surface area contributed by atoms with Crippen molar-refractivity contribution in [1.82, 2.24) is 5.32 Å². The minimum Gasteiger partial charge on any atom is -0.391 e. The van der Waals surface area contributed by atoms with Crippen molar-refractivity contribution in [3.63, 3.8) is 0 Å². The van der Waals surface area contributed by atoms with E-state index in [9.17, 15) is 14.7 Å². The summed E-state index contributed by atoms with van der Waals surface area (Å²) in [7, 11) is 0. The number of carbonyl (C=O) groups is 2. The highest BCUT2D eigenvalue weighted by Gasteiger charge is 2.19. The van der Waals surface area contributed by atoms with Crippen molar-refractivity contribution in [1.29, 1.82) is 0 Å². The summed E-state index contributed by atoms with van der Waals surface area (Å²) in [6.07, 6.45) is 3.37. The highest BCUT2D eigenvalue weighted by molar-refractivity contribution is 5.97. The van der Waals surface area contributed by atoms with Gasteiger partial charge in [-0.25, -0.2) is 0 Å². The SMILES string of the molecule is CC(=O)N1Cc2ccc(C(=O)NCC(O)C(C)C)cc2/C=C\c2ccccc21. The van der Waals surface area contributed by atoms with Crippen molar-refractivity contribution >= 4 is 29.7 Å². The first kappa shape index (κ1) is 19.8. The summed E-state index contributed by atoms with van der Waals surface area (Å²) >= 11 is 0. The molecule has 0 radical (unpaired) electrons. The summed E-state index contributed by atoms with van der Waals surface area (Å²) in [5, 5.41) is 12.7. The fourth-order valence-corrected chi connectivity index (χ4v) is 3.16. The minimum absolute atomic E-state index is 0.0295. The average Bonchev–Trinajstić information content (AvgIpc) is 2.67. The maximum absolute atomic E-state index is 12.5. The lowest BCUT2D eigenvalue weighted by molar-refractivity contribution is -0.116. The van der Waals surface area contributed by atoms with Gasteiger partial charge in [-0.15, -0.1) is 0 Å². The van der Waals surface area contributed by atoms with E-state index in [2.05, 4.69) is 5.32 Å². The van der Waals surface area contributed by atoms with Crippen LogP contribution in [0.1, 0.15) is 47.8 Å². The van der Waals surface area contributed by atoms with Gasteiger partial charge >= 0.3 is 0 Å². The van der Waals surface area contributed by atoms with Gasteiger partial charge in [-0.1, -0.05) is 50.3 Å². The predicted octanol–water partition coefficient (Wildman–Crippen LogP) is 3.47. The van der Waals surface area contributed by atoms with Crippen molar-refractivity contribution in [3.8, 4) is 0 Å². The van der Waals surface area contributed by atoms with E-state index in [-0.39, 0.29) is 24.3 Å². The highest BCUT2D eigenvalue weighted by atomic mass is 16.3. The average molecular weight is 378 g/mol. The monoisotopic (exact) mass is 378 g/mol. The smallest absolute Gasteiger partial charge is 0.251 e. The number of aliphatic hydroxyl groups is 1. The van der Waals surface area contributed by atoms with E-state index < -0.39 is 6.10 Å². The lowest BCUT2D eigenvalue weighted by Crippen LogP contribution is -2.34. The first-order valence-corrected chi connectivity index (χ1v) is 9.51. The van der Waals surface area contributed by atoms with Crippen LogP contribution in [-0.4, -0.2) is 29.6 Å². The van der Waals surface area contributed by atoms with Gasteiger partial charge in [-0.05, 0) is 40.8 Å². The highest BCUT2D eigenvalue weighted by Crippen LogP contribution is 2.29. The molecule has 5 nitrogen and oxygen atoms in total. The maximum Gasteiger partial charge on any atom is 0.251 e. The van der Waals surface area contributed by atoms with Crippen molar-refractivity contribution in [2.75, 3.05) is 11.4 Å². The molecule has 0 saturated heterocycles. The molecule has 0 fully saturated rings. The van der Waals surface area contributed by atoms with E-state index in [0.717, 1.165) is 22.4 Å². The van der Waals surface area contributed by atoms with Crippen LogP contribution < -0.4 is 10.2 Å². The summed E-state index contributed by atoms with van der Waals surface area (Å²) in [4.78, 5) is 26.4. The van der Waals surface area contributed by atoms with E-state index in [0.29, 0.717) is 12.1 Å². The standard InChI is InChI=1S/C23H26N2O3/c1-15(2)22(27)13-24-23(28)19-10-11-20-14-25(16(3)26)21-7-5-4-6-17(21)8-9-18(20)12-19/h4-12,15,22,27H,13-14H2,1-3H3,(H,24,28)/b9-8-. The summed E-state index contributed by atoms with van der Waals surface area (Å²) < 4.78 is 0. The number of hydrogen-bond donors (Lipinski definition) is 2. The van der Waals surface area contributed by atoms with E-state index in [4.69, 9.17) is 0 Å². The molecule has 0 aromatic heterocycles. The van der Waals surface area contributed by atoms with Crippen molar-refractivity contribution in [2.45, 2.75) is 33.4 Å². The molecule has 28 heavy (non-hydrogen) atoms. The number of aliphatic hydroxyl groups excluding tert-OH is 1. The Labute approximate surface area is 165 Å². The number of rotatable bonds is 4. The second kappa shape index (κ2) is 8.40. The van der Waals surface area contributed by atoms with Crippen LogP contribution in [0.3, 0.4) is 0 Å². The van der Waals surface area contributed by atoms with Gasteiger partial charge in [0.1, 0.15) is 0 Å².